The molecule has 1 aromatic carbocycles. The molecule has 8 nitrogen and oxygen atoms in total. The lowest BCUT2D eigenvalue weighted by atomic mass is 10.1. The van der Waals surface area contributed by atoms with Gasteiger partial charge >= 0.3 is 0 Å². The largest absolute Gasteiger partial charge is 0.496 e. The second-order valence-electron chi connectivity index (χ2n) is 4.77. The van der Waals surface area contributed by atoms with Gasteiger partial charge in [-0.05, 0) is 34.1 Å². The number of halogens is 1. The Morgan fingerprint density at radius 2 is 2.26 bits per heavy atom. The first-order chi connectivity index (χ1) is 11.1. The zero-order valence-electron chi connectivity index (χ0n) is 12.2. The predicted molar refractivity (Wildman–Crippen MR) is 85.9 cm³/mol. The molecule has 9 heteroatoms. The number of methoxy groups -OCH3 is 1. The minimum Gasteiger partial charge on any atom is -0.496 e. The molecule has 0 spiro atoms. The van der Waals surface area contributed by atoms with Gasteiger partial charge in [0.25, 0.3) is 5.91 Å². The molecule has 0 saturated heterocycles. The smallest absolute Gasteiger partial charge is 0.271 e. The summed E-state index contributed by atoms with van der Waals surface area (Å²) in [5.41, 5.74) is 7.42. The van der Waals surface area contributed by atoms with E-state index >= 15 is 0 Å². The number of nitrogens with two attached hydrogens (primary N) is 1. The van der Waals surface area contributed by atoms with E-state index in [1.54, 1.807) is 24.1 Å². The second kappa shape index (κ2) is 6.21. The highest BCUT2D eigenvalue weighted by molar-refractivity contribution is 9.10. The van der Waals surface area contributed by atoms with Gasteiger partial charge in [0.1, 0.15) is 11.4 Å². The topological polar surface area (TPSA) is 112 Å². The van der Waals surface area contributed by atoms with Gasteiger partial charge in [-0.3, -0.25) is 9.48 Å². The highest BCUT2D eigenvalue weighted by Gasteiger charge is 2.17. The van der Waals surface area contributed by atoms with Gasteiger partial charge in [-0.2, -0.15) is 20.5 Å². The van der Waals surface area contributed by atoms with Crippen LogP contribution < -0.4 is 10.5 Å². The average Bonchev–Trinajstić information content (AvgIpc) is 3.16. The molecule has 0 bridgehead atoms. The molecule has 0 radical (unpaired) electrons. The fourth-order valence-corrected chi connectivity index (χ4v) is 2.58. The molecule has 3 aromatic rings. The molecule has 3 N–H and O–H groups in total. The number of hydrogen-bond acceptors (Lipinski definition) is 5. The van der Waals surface area contributed by atoms with E-state index in [-0.39, 0.29) is 5.69 Å². The molecule has 23 heavy (non-hydrogen) atoms. The number of carbonyl (C=O) groups excluding carboxylic acids is 1. The van der Waals surface area contributed by atoms with E-state index in [1.807, 2.05) is 18.3 Å². The van der Waals surface area contributed by atoms with Crippen LogP contribution in [0.3, 0.4) is 0 Å². The van der Waals surface area contributed by atoms with Crippen LogP contribution in [0.15, 0.2) is 35.1 Å². The van der Waals surface area contributed by atoms with Crippen molar-refractivity contribution in [2.24, 2.45) is 5.73 Å². The molecular weight excluding hydrogens is 364 g/mol. The summed E-state index contributed by atoms with van der Waals surface area (Å²) in [6.07, 6.45) is 3.57. The van der Waals surface area contributed by atoms with Crippen LogP contribution in [0.4, 0.5) is 0 Å². The van der Waals surface area contributed by atoms with Crippen molar-refractivity contribution in [1.82, 2.24) is 25.2 Å². The lowest BCUT2D eigenvalue weighted by Crippen LogP contribution is -2.12. The summed E-state index contributed by atoms with van der Waals surface area (Å²) in [5, 5.41) is 14.4. The predicted octanol–water partition coefficient (Wildman–Crippen LogP) is 1.59. The van der Waals surface area contributed by atoms with Crippen molar-refractivity contribution in [3.05, 3.63) is 46.3 Å². The number of hydrogen-bond donors (Lipinski definition) is 2. The molecule has 0 unspecified atom stereocenters. The molecule has 2 aromatic heterocycles. The van der Waals surface area contributed by atoms with Crippen LogP contribution in [0.5, 0.6) is 5.75 Å². The first kappa shape index (κ1) is 15.2. The number of primary amides is 1. The van der Waals surface area contributed by atoms with E-state index in [9.17, 15) is 4.79 Å². The van der Waals surface area contributed by atoms with Crippen molar-refractivity contribution in [3.63, 3.8) is 0 Å². The van der Waals surface area contributed by atoms with Gasteiger partial charge in [-0.25, -0.2) is 0 Å². The van der Waals surface area contributed by atoms with Gasteiger partial charge in [0.2, 0.25) is 0 Å². The minimum atomic E-state index is -0.637. The van der Waals surface area contributed by atoms with Crippen LogP contribution in [0.25, 0.3) is 11.3 Å². The molecule has 0 saturated carbocycles. The zero-order valence-corrected chi connectivity index (χ0v) is 13.7. The van der Waals surface area contributed by atoms with Gasteiger partial charge in [0.15, 0.2) is 5.69 Å². The standard InChI is InChI=1S/C14H13BrN6O2/c1-23-11-3-2-8(12-13(14(16)22)19-20-18-12)4-9(11)6-21-7-10(15)5-17-21/h2-5,7H,6H2,1H3,(H2,16,22)(H,18,19,20). The third-order valence-corrected chi connectivity index (χ3v) is 3.68. The fourth-order valence-electron chi connectivity index (χ4n) is 2.25. The molecule has 2 heterocycles. The number of benzene rings is 1. The Morgan fingerprint density at radius 1 is 1.43 bits per heavy atom. The number of aromatic nitrogens is 5. The molecule has 118 valence electrons. The Hall–Kier alpha value is -2.68. The van der Waals surface area contributed by atoms with E-state index < -0.39 is 5.91 Å². The van der Waals surface area contributed by atoms with Gasteiger partial charge in [0.05, 0.1) is 24.3 Å². The highest BCUT2D eigenvalue weighted by atomic mass is 79.9. The number of H-pyrrole nitrogens is 1. The number of carbonyl (C=O) groups is 1. The molecule has 0 fully saturated rings. The molecule has 3 rings (SSSR count). The van der Waals surface area contributed by atoms with E-state index in [0.29, 0.717) is 18.0 Å². The van der Waals surface area contributed by atoms with Crippen molar-refractivity contribution in [2.75, 3.05) is 7.11 Å². The van der Waals surface area contributed by atoms with Crippen LogP contribution in [0, 0.1) is 0 Å². The number of ether oxygens (including phenoxy) is 1. The zero-order chi connectivity index (χ0) is 16.4. The van der Waals surface area contributed by atoms with Crippen LogP contribution >= 0.6 is 15.9 Å². The summed E-state index contributed by atoms with van der Waals surface area (Å²) in [7, 11) is 1.60. The summed E-state index contributed by atoms with van der Waals surface area (Å²) in [6, 6.07) is 5.48. The fraction of sp³-hybridized carbons (Fsp3) is 0.143. The highest BCUT2D eigenvalue weighted by Crippen LogP contribution is 2.27. The van der Waals surface area contributed by atoms with Gasteiger partial charge in [0, 0.05) is 17.3 Å². The Balaban J connectivity index is 2.01. The third kappa shape index (κ3) is 3.09. The van der Waals surface area contributed by atoms with Crippen molar-refractivity contribution in [2.45, 2.75) is 6.54 Å². The SMILES string of the molecule is COc1ccc(-c2n[nH]nc2C(N)=O)cc1Cn1cc(Br)cn1. The summed E-state index contributed by atoms with van der Waals surface area (Å²) < 4.78 is 8.04. The Labute approximate surface area is 139 Å². The summed E-state index contributed by atoms with van der Waals surface area (Å²) in [4.78, 5) is 11.4. The molecule has 1 amide bonds. The summed E-state index contributed by atoms with van der Waals surface area (Å²) >= 11 is 3.36. The maximum atomic E-state index is 11.4. The quantitative estimate of drug-likeness (QED) is 0.701. The maximum Gasteiger partial charge on any atom is 0.271 e. The van der Waals surface area contributed by atoms with Crippen molar-refractivity contribution in [1.29, 1.82) is 0 Å². The molecule has 0 aliphatic heterocycles. The van der Waals surface area contributed by atoms with Crippen molar-refractivity contribution < 1.29 is 9.53 Å². The summed E-state index contributed by atoms with van der Waals surface area (Å²) in [5.74, 6) is 0.0756. The lowest BCUT2D eigenvalue weighted by molar-refractivity contribution is 0.0996. The average molecular weight is 377 g/mol. The van der Waals surface area contributed by atoms with Crippen LogP contribution in [-0.2, 0) is 6.54 Å². The maximum absolute atomic E-state index is 11.4. The number of nitrogens with one attached hydrogen (secondary N) is 1. The number of rotatable bonds is 5. The molecular formula is C14H13BrN6O2. The normalized spacial score (nSPS) is 10.7. The van der Waals surface area contributed by atoms with Crippen LogP contribution in [0.1, 0.15) is 16.1 Å². The number of aromatic amines is 1. The van der Waals surface area contributed by atoms with Gasteiger partial charge in [-0.15, -0.1) is 0 Å². The molecule has 0 aliphatic carbocycles. The van der Waals surface area contributed by atoms with E-state index in [4.69, 9.17) is 10.5 Å². The molecule has 0 aliphatic rings. The number of nitrogens with zero attached hydrogens (tertiary/aromatic N) is 4. The second-order valence-corrected chi connectivity index (χ2v) is 5.68. The first-order valence-electron chi connectivity index (χ1n) is 6.64. The molecule has 0 atom stereocenters. The number of amides is 1. The lowest BCUT2D eigenvalue weighted by Gasteiger charge is -2.10. The first-order valence-corrected chi connectivity index (χ1v) is 7.43. The Bertz CT molecular complexity index is 857. The van der Waals surface area contributed by atoms with E-state index in [0.717, 1.165) is 15.6 Å². The summed E-state index contributed by atoms with van der Waals surface area (Å²) in [6.45, 7) is 0.506. The van der Waals surface area contributed by atoms with Gasteiger partial charge < -0.3 is 10.5 Å². The Morgan fingerprint density at radius 3 is 2.91 bits per heavy atom. The van der Waals surface area contributed by atoms with Gasteiger partial charge in [-0.1, -0.05) is 0 Å². The van der Waals surface area contributed by atoms with Crippen LogP contribution in [-0.4, -0.2) is 38.2 Å². The van der Waals surface area contributed by atoms with E-state index in [2.05, 4.69) is 36.4 Å². The minimum absolute atomic E-state index is 0.1000. The van der Waals surface area contributed by atoms with Crippen LogP contribution in [0.2, 0.25) is 0 Å². The van der Waals surface area contributed by atoms with E-state index in [1.165, 1.54) is 0 Å². The Kier molecular flexibility index (Phi) is 4.11. The van der Waals surface area contributed by atoms with Crippen molar-refractivity contribution in [3.8, 4) is 17.0 Å². The monoisotopic (exact) mass is 376 g/mol. The third-order valence-electron chi connectivity index (χ3n) is 3.27. The van der Waals surface area contributed by atoms with Crippen molar-refractivity contribution >= 4 is 21.8 Å².